The molecule has 1 atom stereocenters. The van der Waals surface area contributed by atoms with Gasteiger partial charge < -0.3 is 10.8 Å². The highest BCUT2D eigenvalue weighted by Gasteiger charge is 2.30. The molecule has 0 fully saturated rings. The molecule has 0 saturated heterocycles. The lowest BCUT2D eigenvalue weighted by atomic mass is 9.81. The van der Waals surface area contributed by atoms with E-state index in [1.165, 1.54) is 6.07 Å². The highest BCUT2D eigenvalue weighted by Crippen LogP contribution is 2.33. The molecule has 0 bridgehead atoms. The number of hydrogen-bond donors (Lipinski definition) is 2. The first kappa shape index (κ1) is 12.1. The molecule has 0 heterocycles. The van der Waals surface area contributed by atoms with Crippen molar-refractivity contribution in [3.05, 3.63) is 35.4 Å². The Bertz CT molecular complexity index is 332. The van der Waals surface area contributed by atoms with Gasteiger partial charge in [-0.3, -0.25) is 0 Å². The number of benzene rings is 1. The molecule has 1 aromatic rings. The van der Waals surface area contributed by atoms with E-state index in [0.717, 1.165) is 12.1 Å². The van der Waals surface area contributed by atoms with Gasteiger partial charge in [-0.05, 0) is 12.1 Å². The summed E-state index contributed by atoms with van der Waals surface area (Å²) < 4.78 is 26.7. The first-order chi connectivity index (χ1) is 6.90. The summed E-state index contributed by atoms with van der Waals surface area (Å²) in [7, 11) is 0. The Kier molecular flexibility index (Phi) is 3.42. The summed E-state index contributed by atoms with van der Waals surface area (Å²) in [4.78, 5) is 0. The monoisotopic (exact) mass is 215 g/mol. The molecular formula is C11H15F2NO. The summed E-state index contributed by atoms with van der Waals surface area (Å²) >= 11 is 0. The van der Waals surface area contributed by atoms with Crippen LogP contribution < -0.4 is 5.73 Å². The average Bonchev–Trinajstić information content (AvgIpc) is 2.17. The van der Waals surface area contributed by atoms with Crippen LogP contribution in [0.25, 0.3) is 0 Å². The standard InChI is InChI=1S/C11H15F2NO/c1-11(2,6-15)10(14)9-7(12)4-3-5-8(9)13/h3-5,10,15H,6,14H2,1-2H3/t10-/m0/s1. The van der Waals surface area contributed by atoms with Crippen molar-refractivity contribution in [3.63, 3.8) is 0 Å². The minimum atomic E-state index is -0.872. The van der Waals surface area contributed by atoms with E-state index in [1.807, 2.05) is 0 Å². The Morgan fingerprint density at radius 2 is 1.80 bits per heavy atom. The number of aliphatic hydroxyl groups excluding tert-OH is 1. The van der Waals surface area contributed by atoms with Crippen LogP contribution in [0.1, 0.15) is 25.5 Å². The van der Waals surface area contributed by atoms with Crippen molar-refractivity contribution in [2.45, 2.75) is 19.9 Å². The van der Waals surface area contributed by atoms with Gasteiger partial charge in [0, 0.05) is 23.6 Å². The van der Waals surface area contributed by atoms with Crippen LogP contribution in [0.5, 0.6) is 0 Å². The van der Waals surface area contributed by atoms with Gasteiger partial charge in [0.2, 0.25) is 0 Å². The van der Waals surface area contributed by atoms with E-state index < -0.39 is 23.1 Å². The Morgan fingerprint density at radius 1 is 1.33 bits per heavy atom. The second-order valence-corrected chi connectivity index (χ2v) is 4.26. The Labute approximate surface area is 87.7 Å². The molecule has 0 aliphatic heterocycles. The van der Waals surface area contributed by atoms with Gasteiger partial charge in [0.1, 0.15) is 11.6 Å². The van der Waals surface area contributed by atoms with Gasteiger partial charge in [-0.25, -0.2) is 8.78 Å². The molecule has 84 valence electrons. The second-order valence-electron chi connectivity index (χ2n) is 4.26. The number of hydrogen-bond acceptors (Lipinski definition) is 2. The summed E-state index contributed by atoms with van der Waals surface area (Å²) in [5.41, 5.74) is 4.81. The fourth-order valence-electron chi connectivity index (χ4n) is 1.30. The lowest BCUT2D eigenvalue weighted by Gasteiger charge is -2.30. The zero-order valence-electron chi connectivity index (χ0n) is 8.80. The third-order valence-corrected chi connectivity index (χ3v) is 2.56. The van der Waals surface area contributed by atoms with Crippen molar-refractivity contribution in [2.24, 2.45) is 11.1 Å². The summed E-state index contributed by atoms with van der Waals surface area (Å²) in [6.07, 6.45) is 0. The number of aliphatic hydroxyl groups is 1. The maximum absolute atomic E-state index is 13.4. The van der Waals surface area contributed by atoms with E-state index in [0.29, 0.717) is 0 Å². The van der Waals surface area contributed by atoms with Crippen LogP contribution in [0.4, 0.5) is 8.78 Å². The fourth-order valence-corrected chi connectivity index (χ4v) is 1.30. The first-order valence-corrected chi connectivity index (χ1v) is 4.70. The normalized spacial score (nSPS) is 14.0. The molecule has 0 amide bonds. The lowest BCUT2D eigenvalue weighted by molar-refractivity contribution is 0.129. The van der Waals surface area contributed by atoms with Gasteiger partial charge in [-0.2, -0.15) is 0 Å². The van der Waals surface area contributed by atoms with Crippen molar-refractivity contribution in [3.8, 4) is 0 Å². The van der Waals surface area contributed by atoms with E-state index >= 15 is 0 Å². The summed E-state index contributed by atoms with van der Waals surface area (Å²) in [6.45, 7) is 3.08. The number of nitrogens with two attached hydrogens (primary N) is 1. The van der Waals surface area contributed by atoms with E-state index in [-0.39, 0.29) is 12.2 Å². The molecule has 0 unspecified atom stereocenters. The van der Waals surface area contributed by atoms with Gasteiger partial charge in [-0.1, -0.05) is 19.9 Å². The molecule has 4 heteroatoms. The highest BCUT2D eigenvalue weighted by atomic mass is 19.1. The molecule has 15 heavy (non-hydrogen) atoms. The summed E-state index contributed by atoms with van der Waals surface area (Å²) in [6, 6.07) is 2.73. The molecule has 2 nitrogen and oxygen atoms in total. The molecule has 3 N–H and O–H groups in total. The van der Waals surface area contributed by atoms with E-state index in [1.54, 1.807) is 13.8 Å². The average molecular weight is 215 g/mol. The van der Waals surface area contributed by atoms with Crippen molar-refractivity contribution >= 4 is 0 Å². The van der Waals surface area contributed by atoms with Gasteiger partial charge in [0.25, 0.3) is 0 Å². The predicted octanol–water partition coefficient (Wildman–Crippen LogP) is 1.98. The summed E-state index contributed by atoms with van der Waals surface area (Å²) in [5, 5.41) is 9.08. The van der Waals surface area contributed by atoms with E-state index in [9.17, 15) is 8.78 Å². The van der Waals surface area contributed by atoms with Crippen molar-refractivity contribution in [2.75, 3.05) is 6.61 Å². The Balaban J connectivity index is 3.16. The minimum absolute atomic E-state index is 0.170. The van der Waals surface area contributed by atoms with E-state index in [2.05, 4.69) is 0 Å². The Morgan fingerprint density at radius 3 is 2.20 bits per heavy atom. The number of halogens is 2. The van der Waals surface area contributed by atoms with Crippen LogP contribution in [0.3, 0.4) is 0 Å². The second kappa shape index (κ2) is 4.24. The number of rotatable bonds is 3. The molecule has 0 spiro atoms. The van der Waals surface area contributed by atoms with Crippen LogP contribution in [0.2, 0.25) is 0 Å². The summed E-state index contributed by atoms with van der Waals surface area (Å²) in [5.74, 6) is -1.35. The molecular weight excluding hydrogens is 200 g/mol. The maximum atomic E-state index is 13.4. The molecule has 1 rings (SSSR count). The molecule has 0 aliphatic carbocycles. The molecule has 1 aromatic carbocycles. The van der Waals surface area contributed by atoms with Gasteiger partial charge >= 0.3 is 0 Å². The fraction of sp³-hybridized carbons (Fsp3) is 0.455. The van der Waals surface area contributed by atoms with Crippen LogP contribution in [0, 0.1) is 17.0 Å². The molecule has 0 aromatic heterocycles. The largest absolute Gasteiger partial charge is 0.396 e. The van der Waals surface area contributed by atoms with Gasteiger partial charge in [0.05, 0.1) is 0 Å². The maximum Gasteiger partial charge on any atom is 0.130 e. The SMILES string of the molecule is CC(C)(CO)[C@@H](N)c1c(F)cccc1F. The van der Waals surface area contributed by atoms with Crippen LogP contribution >= 0.6 is 0 Å². The topological polar surface area (TPSA) is 46.2 Å². The van der Waals surface area contributed by atoms with Crippen molar-refractivity contribution in [1.82, 2.24) is 0 Å². The van der Waals surface area contributed by atoms with Crippen LogP contribution in [0.15, 0.2) is 18.2 Å². The van der Waals surface area contributed by atoms with Gasteiger partial charge in [0.15, 0.2) is 0 Å². The Hall–Kier alpha value is -1.00. The quantitative estimate of drug-likeness (QED) is 0.809. The zero-order valence-corrected chi connectivity index (χ0v) is 8.80. The molecule has 0 saturated carbocycles. The predicted molar refractivity (Wildman–Crippen MR) is 54.2 cm³/mol. The van der Waals surface area contributed by atoms with Crippen molar-refractivity contribution < 1.29 is 13.9 Å². The van der Waals surface area contributed by atoms with Crippen LogP contribution in [-0.2, 0) is 0 Å². The lowest BCUT2D eigenvalue weighted by Crippen LogP contribution is -2.33. The smallest absolute Gasteiger partial charge is 0.130 e. The van der Waals surface area contributed by atoms with Crippen molar-refractivity contribution in [1.29, 1.82) is 0 Å². The van der Waals surface area contributed by atoms with Gasteiger partial charge in [-0.15, -0.1) is 0 Å². The highest BCUT2D eigenvalue weighted by molar-refractivity contribution is 5.24. The zero-order chi connectivity index (χ0) is 11.6. The third-order valence-electron chi connectivity index (χ3n) is 2.56. The third kappa shape index (κ3) is 2.33. The van der Waals surface area contributed by atoms with E-state index in [4.69, 9.17) is 10.8 Å². The molecule has 0 radical (unpaired) electrons. The minimum Gasteiger partial charge on any atom is -0.396 e. The van der Waals surface area contributed by atoms with Crippen LogP contribution in [-0.4, -0.2) is 11.7 Å². The molecule has 0 aliphatic rings. The first-order valence-electron chi connectivity index (χ1n) is 4.70.